The summed E-state index contributed by atoms with van der Waals surface area (Å²) in [4.78, 5) is 2.29. The Labute approximate surface area is 150 Å². The van der Waals surface area contributed by atoms with Crippen LogP contribution in [0.4, 0.5) is 0 Å². The average Bonchev–Trinajstić information content (AvgIpc) is 3.33. The van der Waals surface area contributed by atoms with E-state index in [1.54, 1.807) is 24.5 Å². The first kappa shape index (κ1) is 16.0. The number of nitrogens with zero attached hydrogens (tertiary/aromatic N) is 4. The van der Waals surface area contributed by atoms with Crippen LogP contribution in [0.5, 0.6) is 0 Å². The van der Waals surface area contributed by atoms with E-state index in [0.29, 0.717) is 0 Å². The fraction of sp³-hybridized carbons (Fsp3) is 0. The van der Waals surface area contributed by atoms with Crippen molar-refractivity contribution < 1.29 is 14.5 Å². The van der Waals surface area contributed by atoms with Gasteiger partial charge in [-0.15, -0.1) is 19.9 Å². The number of benzene rings is 2. The molecule has 0 spiro atoms. The molecule has 0 bridgehead atoms. The van der Waals surface area contributed by atoms with Gasteiger partial charge in [-0.3, -0.25) is 0 Å². The highest BCUT2D eigenvalue weighted by Crippen LogP contribution is 2.16. The molecule has 0 atom stereocenters. The van der Waals surface area contributed by atoms with Gasteiger partial charge in [0.2, 0.25) is 0 Å². The van der Waals surface area contributed by atoms with E-state index in [9.17, 15) is 5.02 Å². The Morgan fingerprint density at radius 1 is 0.654 bits per heavy atom. The van der Waals surface area contributed by atoms with Gasteiger partial charge in [0.05, 0.1) is 23.8 Å². The summed E-state index contributed by atoms with van der Waals surface area (Å²) in [7, 11) is -1.57. The van der Waals surface area contributed by atoms with Gasteiger partial charge in [-0.05, 0) is 12.1 Å². The van der Waals surface area contributed by atoms with Crippen LogP contribution in [0.15, 0.2) is 85.2 Å². The molecule has 2 heterocycles. The van der Waals surface area contributed by atoms with Crippen molar-refractivity contribution in [2.45, 2.75) is 0 Å². The first-order valence-corrected chi connectivity index (χ1v) is 8.02. The number of hydrogen-bond donors (Lipinski definition) is 1. The molecule has 128 valence electrons. The SMILES string of the molecule is OB(On1ccc(-c2ccccc2)n1)On1ccc(-c2ccccc2)n1. The van der Waals surface area contributed by atoms with Crippen molar-refractivity contribution in [3.05, 3.63) is 85.2 Å². The molecule has 1 N–H and O–H groups in total. The second-order valence-corrected chi connectivity index (χ2v) is 5.46. The van der Waals surface area contributed by atoms with Crippen LogP contribution in [-0.4, -0.2) is 32.2 Å². The fourth-order valence-electron chi connectivity index (χ4n) is 2.46. The molecule has 0 aliphatic rings. The van der Waals surface area contributed by atoms with Gasteiger partial charge in [-0.2, -0.15) is 0 Å². The Kier molecular flexibility index (Phi) is 4.40. The average molecular weight is 346 g/mol. The lowest BCUT2D eigenvalue weighted by Crippen LogP contribution is -2.40. The second-order valence-electron chi connectivity index (χ2n) is 5.46. The third kappa shape index (κ3) is 3.60. The molecule has 0 unspecified atom stereocenters. The van der Waals surface area contributed by atoms with Crippen LogP contribution in [0.2, 0.25) is 0 Å². The van der Waals surface area contributed by atoms with Crippen molar-refractivity contribution in [2.75, 3.05) is 0 Å². The lowest BCUT2D eigenvalue weighted by Gasteiger charge is -2.08. The topological polar surface area (TPSA) is 74.3 Å². The van der Waals surface area contributed by atoms with Crippen LogP contribution in [0, 0.1) is 0 Å². The highest BCUT2D eigenvalue weighted by Gasteiger charge is 2.24. The minimum Gasteiger partial charge on any atom is -0.393 e. The maximum Gasteiger partial charge on any atom is 0.828 e. The third-order valence-corrected chi connectivity index (χ3v) is 3.67. The lowest BCUT2D eigenvalue weighted by atomic mass is 10.2. The van der Waals surface area contributed by atoms with E-state index in [2.05, 4.69) is 10.2 Å². The first-order valence-electron chi connectivity index (χ1n) is 8.02. The van der Waals surface area contributed by atoms with Crippen molar-refractivity contribution in [1.82, 2.24) is 19.9 Å². The van der Waals surface area contributed by atoms with Gasteiger partial charge in [-0.25, -0.2) is 0 Å². The van der Waals surface area contributed by atoms with Gasteiger partial charge in [-0.1, -0.05) is 60.7 Å². The molecule has 0 saturated heterocycles. The van der Waals surface area contributed by atoms with Gasteiger partial charge < -0.3 is 14.5 Å². The molecule has 8 heteroatoms. The maximum absolute atomic E-state index is 9.95. The summed E-state index contributed by atoms with van der Waals surface area (Å²) < 4.78 is 10.4. The molecule has 2 aromatic carbocycles. The minimum absolute atomic E-state index is 0.725. The lowest BCUT2D eigenvalue weighted by molar-refractivity contribution is 0.0826. The van der Waals surface area contributed by atoms with Crippen LogP contribution in [0.1, 0.15) is 0 Å². The molecule has 0 radical (unpaired) electrons. The zero-order chi connectivity index (χ0) is 17.8. The van der Waals surface area contributed by atoms with Crippen molar-refractivity contribution >= 4 is 7.32 Å². The van der Waals surface area contributed by atoms with E-state index in [1.165, 1.54) is 0 Å². The summed E-state index contributed by atoms with van der Waals surface area (Å²) in [6.45, 7) is 0. The van der Waals surface area contributed by atoms with E-state index in [0.717, 1.165) is 32.2 Å². The highest BCUT2D eigenvalue weighted by atomic mass is 16.8. The molecule has 7 nitrogen and oxygen atoms in total. The quantitative estimate of drug-likeness (QED) is 0.540. The molecule has 0 fully saturated rings. The molecule has 26 heavy (non-hydrogen) atoms. The summed E-state index contributed by atoms with van der Waals surface area (Å²) in [6, 6.07) is 22.9. The fourth-order valence-corrected chi connectivity index (χ4v) is 2.46. The van der Waals surface area contributed by atoms with Gasteiger partial charge >= 0.3 is 7.32 Å². The van der Waals surface area contributed by atoms with Gasteiger partial charge in [0, 0.05) is 11.1 Å². The molecule has 2 aromatic heterocycles. The van der Waals surface area contributed by atoms with E-state index < -0.39 is 7.32 Å². The Balaban J connectivity index is 1.40. The summed E-state index contributed by atoms with van der Waals surface area (Å²) in [5, 5.41) is 18.4. The van der Waals surface area contributed by atoms with Gasteiger partial charge in [0.1, 0.15) is 0 Å². The molecular formula is C18H15BN4O3. The predicted octanol–water partition coefficient (Wildman–Crippen LogP) is 1.95. The number of aromatic nitrogens is 4. The molecular weight excluding hydrogens is 331 g/mol. The Morgan fingerprint density at radius 3 is 1.50 bits per heavy atom. The van der Waals surface area contributed by atoms with Gasteiger partial charge in [0.15, 0.2) is 0 Å². The van der Waals surface area contributed by atoms with E-state index in [-0.39, 0.29) is 0 Å². The van der Waals surface area contributed by atoms with Crippen molar-refractivity contribution in [3.8, 4) is 22.5 Å². The first-order chi connectivity index (χ1) is 12.8. The normalized spacial score (nSPS) is 10.5. The summed E-state index contributed by atoms with van der Waals surface area (Å²) >= 11 is 0. The molecule has 0 aliphatic heterocycles. The monoisotopic (exact) mass is 346 g/mol. The second kappa shape index (κ2) is 7.16. The van der Waals surface area contributed by atoms with Crippen LogP contribution in [-0.2, 0) is 0 Å². The standard InChI is InChI=1S/C18H15BN4O3/c24-19(25-22-13-11-17(20-22)15-7-3-1-4-8-15)26-23-14-12-18(21-23)16-9-5-2-6-10-16/h1-14,24H. The van der Waals surface area contributed by atoms with E-state index in [1.807, 2.05) is 60.7 Å². The summed E-state index contributed by atoms with van der Waals surface area (Å²) in [6.07, 6.45) is 3.18. The zero-order valence-electron chi connectivity index (χ0n) is 13.7. The van der Waals surface area contributed by atoms with Crippen LogP contribution in [0.25, 0.3) is 22.5 Å². The van der Waals surface area contributed by atoms with Crippen LogP contribution >= 0.6 is 0 Å². The number of hydrogen-bond acceptors (Lipinski definition) is 5. The highest BCUT2D eigenvalue weighted by molar-refractivity contribution is 6.34. The van der Waals surface area contributed by atoms with Crippen LogP contribution < -0.4 is 9.51 Å². The summed E-state index contributed by atoms with van der Waals surface area (Å²) in [5.41, 5.74) is 3.35. The Hall–Kier alpha value is -3.52. The largest absolute Gasteiger partial charge is 0.828 e. The van der Waals surface area contributed by atoms with E-state index >= 15 is 0 Å². The maximum atomic E-state index is 9.95. The Bertz CT molecular complexity index is 893. The zero-order valence-corrected chi connectivity index (χ0v) is 13.7. The van der Waals surface area contributed by atoms with Crippen molar-refractivity contribution in [1.29, 1.82) is 0 Å². The number of rotatable bonds is 6. The predicted molar refractivity (Wildman–Crippen MR) is 96.5 cm³/mol. The molecule has 4 rings (SSSR count). The van der Waals surface area contributed by atoms with Gasteiger partial charge in [0.25, 0.3) is 0 Å². The minimum atomic E-state index is -1.57. The molecule has 0 saturated carbocycles. The third-order valence-electron chi connectivity index (χ3n) is 3.67. The van der Waals surface area contributed by atoms with Crippen LogP contribution in [0.3, 0.4) is 0 Å². The molecule has 4 aromatic rings. The smallest absolute Gasteiger partial charge is 0.393 e. The molecule has 0 amide bonds. The molecule has 0 aliphatic carbocycles. The van der Waals surface area contributed by atoms with Crippen molar-refractivity contribution in [3.63, 3.8) is 0 Å². The Morgan fingerprint density at radius 2 is 1.08 bits per heavy atom. The van der Waals surface area contributed by atoms with Crippen molar-refractivity contribution in [2.24, 2.45) is 0 Å². The van der Waals surface area contributed by atoms with E-state index in [4.69, 9.17) is 9.51 Å². The summed E-state index contributed by atoms with van der Waals surface area (Å²) in [5.74, 6) is 0.